The van der Waals surface area contributed by atoms with Crippen LogP contribution < -0.4 is 5.32 Å². The van der Waals surface area contributed by atoms with E-state index in [-0.39, 0.29) is 0 Å². The second-order valence-electron chi connectivity index (χ2n) is 6.69. The van der Waals surface area contributed by atoms with Crippen LogP contribution in [0.2, 0.25) is 0 Å². The van der Waals surface area contributed by atoms with Crippen LogP contribution in [0.25, 0.3) is 0 Å². The lowest BCUT2D eigenvalue weighted by atomic mass is 9.79. The van der Waals surface area contributed by atoms with Crippen LogP contribution in [0.1, 0.15) is 49.3 Å². The zero-order valence-electron chi connectivity index (χ0n) is 13.1. The topological polar surface area (TPSA) is 35.5 Å². The SMILES string of the molecule is Cc1ccc(O)c([C@@H](C2CCCCC2)N2CCNCC2)c1. The van der Waals surface area contributed by atoms with Gasteiger partial charge < -0.3 is 10.4 Å². The largest absolute Gasteiger partial charge is 0.508 e. The van der Waals surface area contributed by atoms with Crippen LogP contribution >= 0.6 is 0 Å². The number of benzene rings is 1. The van der Waals surface area contributed by atoms with Gasteiger partial charge in [-0.3, -0.25) is 4.90 Å². The first-order valence-corrected chi connectivity index (χ1v) is 8.50. The third-order valence-corrected chi connectivity index (χ3v) is 5.14. The molecule has 2 fully saturated rings. The van der Waals surface area contributed by atoms with E-state index in [0.29, 0.717) is 17.7 Å². The Bertz CT molecular complexity index is 444. The lowest BCUT2D eigenvalue weighted by molar-refractivity contribution is 0.101. The van der Waals surface area contributed by atoms with Crippen LogP contribution in [-0.2, 0) is 0 Å². The van der Waals surface area contributed by atoms with Crippen molar-refractivity contribution in [1.82, 2.24) is 10.2 Å². The van der Waals surface area contributed by atoms with E-state index in [1.165, 1.54) is 37.7 Å². The number of aryl methyl sites for hydroxylation is 1. The lowest BCUT2D eigenvalue weighted by Gasteiger charge is -2.41. The third-order valence-electron chi connectivity index (χ3n) is 5.14. The highest BCUT2D eigenvalue weighted by atomic mass is 16.3. The van der Waals surface area contributed by atoms with E-state index in [1.807, 2.05) is 12.1 Å². The number of hydrogen-bond donors (Lipinski definition) is 2. The number of phenolic OH excluding ortho intramolecular Hbond substituents is 1. The standard InChI is InChI=1S/C18H28N2O/c1-14-7-8-17(21)16(13-14)18(15-5-3-2-4-6-15)20-11-9-19-10-12-20/h7-8,13,15,18-19,21H,2-6,9-12H2,1H3/t18-/m1/s1. The van der Waals surface area contributed by atoms with Crippen molar-refractivity contribution in [2.24, 2.45) is 5.92 Å². The molecule has 1 saturated heterocycles. The van der Waals surface area contributed by atoms with Crippen LogP contribution in [0.4, 0.5) is 0 Å². The Morgan fingerprint density at radius 2 is 1.86 bits per heavy atom. The van der Waals surface area contributed by atoms with E-state index in [1.54, 1.807) is 0 Å². The number of phenols is 1. The summed E-state index contributed by atoms with van der Waals surface area (Å²) in [6.45, 7) is 6.44. The molecule has 116 valence electrons. The van der Waals surface area contributed by atoms with Gasteiger partial charge in [-0.2, -0.15) is 0 Å². The first-order chi connectivity index (χ1) is 10.3. The zero-order chi connectivity index (χ0) is 14.7. The van der Waals surface area contributed by atoms with Crippen molar-refractivity contribution >= 4 is 0 Å². The summed E-state index contributed by atoms with van der Waals surface area (Å²) in [4.78, 5) is 2.60. The van der Waals surface area contributed by atoms with Crippen LogP contribution in [0, 0.1) is 12.8 Å². The van der Waals surface area contributed by atoms with Crippen LogP contribution in [-0.4, -0.2) is 36.2 Å². The quantitative estimate of drug-likeness (QED) is 0.896. The smallest absolute Gasteiger partial charge is 0.120 e. The van der Waals surface area contributed by atoms with E-state index in [0.717, 1.165) is 31.7 Å². The molecule has 0 spiro atoms. The number of nitrogens with zero attached hydrogens (tertiary/aromatic N) is 1. The summed E-state index contributed by atoms with van der Waals surface area (Å²) in [7, 11) is 0. The number of nitrogens with one attached hydrogen (secondary N) is 1. The molecular formula is C18H28N2O. The molecule has 2 aliphatic rings. The van der Waals surface area contributed by atoms with Crippen molar-refractivity contribution in [2.45, 2.75) is 45.1 Å². The van der Waals surface area contributed by atoms with Crippen LogP contribution in [0.5, 0.6) is 5.75 Å². The Kier molecular flexibility index (Phi) is 4.81. The van der Waals surface area contributed by atoms with Crippen LogP contribution in [0.15, 0.2) is 18.2 Å². The van der Waals surface area contributed by atoms with Gasteiger partial charge in [-0.15, -0.1) is 0 Å². The van der Waals surface area contributed by atoms with E-state index in [4.69, 9.17) is 0 Å². The molecule has 1 heterocycles. The molecule has 0 amide bonds. The van der Waals surface area contributed by atoms with Gasteiger partial charge in [0.25, 0.3) is 0 Å². The Balaban J connectivity index is 1.91. The van der Waals surface area contributed by atoms with Crippen molar-refractivity contribution in [3.8, 4) is 5.75 Å². The first kappa shape index (κ1) is 14.9. The zero-order valence-corrected chi connectivity index (χ0v) is 13.1. The minimum Gasteiger partial charge on any atom is -0.508 e. The molecule has 3 rings (SSSR count). The molecule has 1 saturated carbocycles. The van der Waals surface area contributed by atoms with Crippen molar-refractivity contribution in [2.75, 3.05) is 26.2 Å². The van der Waals surface area contributed by atoms with Crippen molar-refractivity contribution in [3.63, 3.8) is 0 Å². The molecule has 2 N–H and O–H groups in total. The minimum atomic E-state index is 0.396. The molecule has 0 bridgehead atoms. The van der Waals surface area contributed by atoms with Gasteiger partial charge in [-0.25, -0.2) is 0 Å². The molecule has 1 aliphatic carbocycles. The molecule has 0 aromatic heterocycles. The maximum Gasteiger partial charge on any atom is 0.120 e. The average molecular weight is 288 g/mol. The molecule has 1 aliphatic heterocycles. The first-order valence-electron chi connectivity index (χ1n) is 8.50. The molecule has 0 unspecified atom stereocenters. The van der Waals surface area contributed by atoms with Gasteiger partial charge in [0.15, 0.2) is 0 Å². The summed E-state index contributed by atoms with van der Waals surface area (Å²) in [5.74, 6) is 1.18. The molecule has 1 aromatic rings. The number of piperazine rings is 1. The minimum absolute atomic E-state index is 0.396. The maximum absolute atomic E-state index is 10.4. The Morgan fingerprint density at radius 1 is 1.14 bits per heavy atom. The van der Waals surface area contributed by atoms with Gasteiger partial charge in [-0.05, 0) is 31.7 Å². The Hall–Kier alpha value is -1.06. The molecule has 0 radical (unpaired) electrons. The fourth-order valence-electron chi connectivity index (χ4n) is 4.07. The van der Waals surface area contributed by atoms with E-state index >= 15 is 0 Å². The summed E-state index contributed by atoms with van der Waals surface area (Å²) in [6.07, 6.45) is 6.69. The Morgan fingerprint density at radius 3 is 2.57 bits per heavy atom. The van der Waals surface area contributed by atoms with E-state index < -0.39 is 0 Å². The van der Waals surface area contributed by atoms with Gasteiger partial charge in [0.05, 0.1) is 0 Å². The highest BCUT2D eigenvalue weighted by molar-refractivity contribution is 5.38. The number of hydrogen-bond acceptors (Lipinski definition) is 3. The van der Waals surface area contributed by atoms with Gasteiger partial charge in [0.1, 0.15) is 5.75 Å². The summed E-state index contributed by atoms with van der Waals surface area (Å²) in [5.41, 5.74) is 2.41. The van der Waals surface area contributed by atoms with E-state index in [2.05, 4.69) is 23.2 Å². The number of aromatic hydroxyl groups is 1. The summed E-state index contributed by atoms with van der Waals surface area (Å²) in [5, 5.41) is 13.9. The van der Waals surface area contributed by atoms with Gasteiger partial charge in [0.2, 0.25) is 0 Å². The molecule has 3 nitrogen and oxygen atoms in total. The Labute approximate surface area is 128 Å². The fraction of sp³-hybridized carbons (Fsp3) is 0.667. The molecule has 1 atom stereocenters. The molecule has 21 heavy (non-hydrogen) atoms. The lowest BCUT2D eigenvalue weighted by Crippen LogP contribution is -2.47. The summed E-state index contributed by atoms with van der Waals surface area (Å²) >= 11 is 0. The maximum atomic E-state index is 10.4. The molecular weight excluding hydrogens is 260 g/mol. The molecule has 1 aromatic carbocycles. The second kappa shape index (κ2) is 6.80. The van der Waals surface area contributed by atoms with Crippen molar-refractivity contribution < 1.29 is 5.11 Å². The summed E-state index contributed by atoms with van der Waals surface area (Å²) < 4.78 is 0. The van der Waals surface area contributed by atoms with Crippen LogP contribution in [0.3, 0.4) is 0 Å². The van der Waals surface area contributed by atoms with Crippen molar-refractivity contribution in [3.05, 3.63) is 29.3 Å². The van der Waals surface area contributed by atoms with Gasteiger partial charge in [-0.1, -0.05) is 37.0 Å². The van der Waals surface area contributed by atoms with Gasteiger partial charge in [0, 0.05) is 37.8 Å². The van der Waals surface area contributed by atoms with Gasteiger partial charge >= 0.3 is 0 Å². The predicted octanol–water partition coefficient (Wildman–Crippen LogP) is 3.23. The highest BCUT2D eigenvalue weighted by Gasteiger charge is 2.32. The van der Waals surface area contributed by atoms with Crippen molar-refractivity contribution in [1.29, 1.82) is 0 Å². The summed E-state index contributed by atoms with van der Waals surface area (Å²) in [6, 6.07) is 6.49. The average Bonchev–Trinajstić information content (AvgIpc) is 2.53. The normalized spacial score (nSPS) is 23.1. The second-order valence-corrected chi connectivity index (χ2v) is 6.69. The molecule has 3 heteroatoms. The third kappa shape index (κ3) is 3.41. The highest BCUT2D eigenvalue weighted by Crippen LogP contribution is 2.41. The predicted molar refractivity (Wildman–Crippen MR) is 86.6 cm³/mol. The number of rotatable bonds is 3. The monoisotopic (exact) mass is 288 g/mol. The van der Waals surface area contributed by atoms with E-state index in [9.17, 15) is 5.11 Å². The fourth-order valence-corrected chi connectivity index (χ4v) is 4.07.